The van der Waals surface area contributed by atoms with Crippen molar-refractivity contribution >= 4 is 29.6 Å². The highest BCUT2D eigenvalue weighted by atomic mass is 32.1. The van der Waals surface area contributed by atoms with Gasteiger partial charge in [0.25, 0.3) is 0 Å². The van der Waals surface area contributed by atoms with Crippen molar-refractivity contribution in [1.82, 2.24) is 4.37 Å². The Morgan fingerprint density at radius 1 is 1.03 bits per heavy atom. The number of aryl methyl sites for hydroxylation is 3. The standard InChI is InChI=1S/C31H28N2O3S/c1-19-28(32-30(35)36-20(2)21-6-4-3-5-7-21)29(37-33-19)24-10-12-26-22(16-24)8-9-23-17-25(11-13-27(23)26)31(18-34)14-15-31/h3-7,10-13,16-18,20H,8-9,14-15H2,1-2H3,(H,32,35)/t20-/m1/s1. The number of nitrogens with zero attached hydrogens (tertiary/aromatic N) is 1. The molecule has 4 aromatic rings. The molecule has 5 nitrogen and oxygen atoms in total. The molecule has 1 aromatic heterocycles. The maximum atomic E-state index is 12.7. The molecule has 0 spiro atoms. The molecule has 0 bridgehead atoms. The highest BCUT2D eigenvalue weighted by molar-refractivity contribution is 7.10. The minimum Gasteiger partial charge on any atom is -0.441 e. The zero-order valence-electron chi connectivity index (χ0n) is 20.9. The van der Waals surface area contributed by atoms with Crippen LogP contribution in [0.25, 0.3) is 21.6 Å². The first-order valence-corrected chi connectivity index (χ1v) is 13.5. The molecule has 3 aromatic carbocycles. The Bertz CT molecular complexity index is 1500. The monoisotopic (exact) mass is 508 g/mol. The molecule has 37 heavy (non-hydrogen) atoms. The summed E-state index contributed by atoms with van der Waals surface area (Å²) in [5.41, 5.74) is 9.44. The molecule has 1 heterocycles. The summed E-state index contributed by atoms with van der Waals surface area (Å²) >= 11 is 1.38. The second kappa shape index (κ2) is 9.27. The predicted octanol–water partition coefficient (Wildman–Crippen LogP) is 7.42. The van der Waals surface area contributed by atoms with Crippen molar-refractivity contribution in [2.75, 3.05) is 5.32 Å². The minimum atomic E-state index is -0.493. The minimum absolute atomic E-state index is 0.243. The molecular weight excluding hydrogens is 480 g/mol. The second-order valence-corrected chi connectivity index (χ2v) is 10.8. The fourth-order valence-electron chi connectivity index (χ4n) is 5.25. The van der Waals surface area contributed by atoms with Gasteiger partial charge in [-0.05, 0) is 96.1 Å². The third-order valence-corrected chi connectivity index (χ3v) is 8.65. The van der Waals surface area contributed by atoms with Crippen LogP contribution in [0.4, 0.5) is 10.5 Å². The smallest absolute Gasteiger partial charge is 0.412 e. The maximum absolute atomic E-state index is 12.7. The highest BCUT2D eigenvalue weighted by Crippen LogP contribution is 2.48. The summed E-state index contributed by atoms with van der Waals surface area (Å²) in [5, 5.41) is 2.94. The molecule has 6 rings (SSSR count). The number of fused-ring (bicyclic) bond motifs is 3. The van der Waals surface area contributed by atoms with E-state index in [1.807, 2.05) is 44.2 Å². The van der Waals surface area contributed by atoms with Gasteiger partial charge in [-0.3, -0.25) is 5.32 Å². The molecule has 0 saturated heterocycles. The average Bonchev–Trinajstić information content (AvgIpc) is 3.66. The van der Waals surface area contributed by atoms with Gasteiger partial charge in [0.15, 0.2) is 0 Å². The van der Waals surface area contributed by atoms with Crippen molar-refractivity contribution in [2.45, 2.75) is 51.0 Å². The lowest BCUT2D eigenvalue weighted by atomic mass is 9.82. The lowest BCUT2D eigenvalue weighted by Gasteiger charge is -2.22. The van der Waals surface area contributed by atoms with Gasteiger partial charge in [-0.15, -0.1) is 0 Å². The van der Waals surface area contributed by atoms with Gasteiger partial charge in [0, 0.05) is 0 Å². The predicted molar refractivity (Wildman–Crippen MR) is 147 cm³/mol. The third-order valence-electron chi connectivity index (χ3n) is 7.66. The Kier molecular flexibility index (Phi) is 5.92. The summed E-state index contributed by atoms with van der Waals surface area (Å²) in [6.45, 7) is 3.76. The molecule has 6 heteroatoms. The number of carbonyl (C=O) groups excluding carboxylic acids is 2. The van der Waals surface area contributed by atoms with E-state index in [1.165, 1.54) is 33.8 Å². The van der Waals surface area contributed by atoms with Crippen LogP contribution in [-0.4, -0.2) is 16.8 Å². The zero-order valence-corrected chi connectivity index (χ0v) is 21.7. The number of aldehydes is 1. The van der Waals surface area contributed by atoms with Crippen LogP contribution in [0.2, 0.25) is 0 Å². The molecule has 1 N–H and O–H groups in total. The normalized spacial score (nSPS) is 15.7. The molecule has 1 saturated carbocycles. The van der Waals surface area contributed by atoms with Gasteiger partial charge < -0.3 is 9.53 Å². The van der Waals surface area contributed by atoms with Crippen molar-refractivity contribution in [1.29, 1.82) is 0 Å². The summed E-state index contributed by atoms with van der Waals surface area (Å²) in [6.07, 6.45) is 4.07. The van der Waals surface area contributed by atoms with E-state index in [1.54, 1.807) is 0 Å². The number of amides is 1. The first kappa shape index (κ1) is 23.6. The molecule has 2 aliphatic rings. The number of ether oxygens (including phenoxy) is 1. The first-order valence-electron chi connectivity index (χ1n) is 12.7. The van der Waals surface area contributed by atoms with E-state index in [4.69, 9.17) is 4.74 Å². The van der Waals surface area contributed by atoms with Crippen LogP contribution >= 0.6 is 11.5 Å². The molecule has 0 unspecified atom stereocenters. The summed E-state index contributed by atoms with van der Waals surface area (Å²) in [4.78, 5) is 25.3. The molecular formula is C31H28N2O3S. The lowest BCUT2D eigenvalue weighted by molar-refractivity contribution is -0.109. The number of aromatic nitrogens is 1. The van der Waals surface area contributed by atoms with Crippen molar-refractivity contribution < 1.29 is 14.3 Å². The maximum Gasteiger partial charge on any atom is 0.412 e. The largest absolute Gasteiger partial charge is 0.441 e. The highest BCUT2D eigenvalue weighted by Gasteiger charge is 2.44. The van der Waals surface area contributed by atoms with Gasteiger partial charge in [-0.2, -0.15) is 4.37 Å². The van der Waals surface area contributed by atoms with E-state index in [0.29, 0.717) is 5.69 Å². The van der Waals surface area contributed by atoms with E-state index in [9.17, 15) is 9.59 Å². The van der Waals surface area contributed by atoms with E-state index >= 15 is 0 Å². The van der Waals surface area contributed by atoms with Gasteiger partial charge in [-0.25, -0.2) is 4.79 Å². The quantitative estimate of drug-likeness (QED) is 0.275. The van der Waals surface area contributed by atoms with Gasteiger partial charge in [0.05, 0.1) is 21.7 Å². The second-order valence-electron chi connectivity index (χ2n) is 10.1. The van der Waals surface area contributed by atoms with Gasteiger partial charge in [0.1, 0.15) is 12.4 Å². The van der Waals surface area contributed by atoms with Crippen LogP contribution in [0.15, 0.2) is 66.7 Å². The lowest BCUT2D eigenvalue weighted by Crippen LogP contribution is -2.16. The van der Waals surface area contributed by atoms with Crippen LogP contribution in [0.5, 0.6) is 0 Å². The van der Waals surface area contributed by atoms with E-state index < -0.39 is 6.09 Å². The molecule has 1 atom stereocenters. The number of anilines is 1. The van der Waals surface area contributed by atoms with Crippen molar-refractivity contribution in [3.05, 3.63) is 94.7 Å². The number of carbonyl (C=O) groups is 2. The van der Waals surface area contributed by atoms with Crippen LogP contribution in [0.1, 0.15) is 53.8 Å². The number of hydrogen-bond donors (Lipinski definition) is 1. The van der Waals surface area contributed by atoms with Crippen molar-refractivity contribution in [3.63, 3.8) is 0 Å². The Hall–Kier alpha value is -3.77. The SMILES string of the molecule is Cc1nsc(-c2ccc3c(c2)CCc2cc(C4(C=O)CC4)ccc2-3)c1NC(=O)O[C@H](C)c1ccccc1. The molecule has 186 valence electrons. The van der Waals surface area contributed by atoms with Crippen LogP contribution in [0.3, 0.4) is 0 Å². The fraction of sp³-hybridized carbons (Fsp3) is 0.258. The van der Waals surface area contributed by atoms with Crippen LogP contribution in [0, 0.1) is 6.92 Å². The molecule has 1 amide bonds. The van der Waals surface area contributed by atoms with Crippen LogP contribution in [-0.2, 0) is 27.8 Å². The summed E-state index contributed by atoms with van der Waals surface area (Å²) < 4.78 is 10.2. The Labute approximate surface area is 220 Å². The number of hydrogen-bond acceptors (Lipinski definition) is 5. The molecule has 0 aliphatic heterocycles. The Morgan fingerprint density at radius 3 is 2.43 bits per heavy atom. The first-order chi connectivity index (χ1) is 18.0. The summed E-state index contributed by atoms with van der Waals surface area (Å²) in [5.74, 6) is 0. The topological polar surface area (TPSA) is 68.3 Å². The third kappa shape index (κ3) is 4.36. The van der Waals surface area contributed by atoms with Gasteiger partial charge in [-0.1, -0.05) is 60.7 Å². The Balaban J connectivity index is 1.24. The Morgan fingerprint density at radius 2 is 1.73 bits per heavy atom. The summed E-state index contributed by atoms with van der Waals surface area (Å²) in [7, 11) is 0. The molecule has 2 aliphatic carbocycles. The van der Waals surface area contributed by atoms with Crippen molar-refractivity contribution in [2.24, 2.45) is 0 Å². The number of nitrogens with one attached hydrogen (secondary N) is 1. The van der Waals surface area contributed by atoms with Crippen molar-refractivity contribution in [3.8, 4) is 21.6 Å². The van der Waals surface area contributed by atoms with Crippen LogP contribution < -0.4 is 5.32 Å². The molecule has 0 radical (unpaired) electrons. The summed E-state index contributed by atoms with van der Waals surface area (Å²) in [6, 6.07) is 22.7. The van der Waals surface area contributed by atoms with Gasteiger partial charge >= 0.3 is 6.09 Å². The number of rotatable bonds is 6. The fourth-order valence-corrected chi connectivity index (χ4v) is 6.10. The van der Waals surface area contributed by atoms with E-state index in [2.05, 4.69) is 46.1 Å². The van der Waals surface area contributed by atoms with E-state index in [-0.39, 0.29) is 11.5 Å². The van der Waals surface area contributed by atoms with Gasteiger partial charge in [0.2, 0.25) is 0 Å². The average molecular weight is 509 g/mol. The zero-order chi connectivity index (χ0) is 25.6. The molecule has 1 fully saturated rings. The number of benzene rings is 3. The van der Waals surface area contributed by atoms with E-state index in [0.717, 1.165) is 59.2 Å².